The average Bonchev–Trinajstić information content (AvgIpc) is 3.01. The normalized spacial score (nSPS) is 20.0. The molecule has 1 heterocycles. The van der Waals surface area contributed by atoms with Gasteiger partial charge < -0.3 is 15.5 Å². The van der Waals surface area contributed by atoms with Gasteiger partial charge in [0.25, 0.3) is 0 Å². The molecule has 0 saturated carbocycles. The second kappa shape index (κ2) is 10.5. The fourth-order valence-corrected chi connectivity index (χ4v) is 3.03. The van der Waals surface area contributed by atoms with Gasteiger partial charge in [0.15, 0.2) is 5.96 Å². The summed E-state index contributed by atoms with van der Waals surface area (Å²) in [6, 6.07) is 0.731. The highest BCUT2D eigenvalue weighted by atomic mass is 16.2. The number of carbonyl (C=O) groups is 1. The Balaban J connectivity index is 2.54. The van der Waals surface area contributed by atoms with Crippen LogP contribution >= 0.6 is 0 Å². The highest BCUT2D eigenvalue weighted by molar-refractivity contribution is 5.80. The lowest BCUT2D eigenvalue weighted by Gasteiger charge is -2.25. The molecule has 2 atom stereocenters. The Morgan fingerprint density at radius 1 is 1.30 bits per heavy atom. The quantitative estimate of drug-likeness (QED) is 0.521. The molecule has 1 amide bonds. The van der Waals surface area contributed by atoms with E-state index in [9.17, 15) is 4.79 Å². The third kappa shape index (κ3) is 6.37. The smallest absolute Gasteiger partial charge is 0.222 e. The molecule has 0 aromatic carbocycles. The minimum atomic E-state index is 0.242. The van der Waals surface area contributed by atoms with E-state index >= 15 is 0 Å². The number of likely N-dealkylation sites (tertiary alicyclic amines) is 1. The standard InChI is InChI=1S/C17H35N5O/c1-6-16(23)22-11-10-15(13-22)20-17(18-7-2)19-12-14(5)21(8-3)9-4/h14-15H,6-13H2,1-5H3,(H2,18,19,20). The van der Waals surface area contributed by atoms with Crippen LogP contribution in [0.4, 0.5) is 0 Å². The molecular formula is C17H35N5O. The predicted octanol–water partition coefficient (Wildman–Crippen LogP) is 1.28. The van der Waals surface area contributed by atoms with E-state index in [0.717, 1.165) is 51.6 Å². The van der Waals surface area contributed by atoms with Gasteiger partial charge in [-0.2, -0.15) is 0 Å². The molecule has 6 nitrogen and oxygen atoms in total. The summed E-state index contributed by atoms with van der Waals surface area (Å²) in [7, 11) is 0. The van der Waals surface area contributed by atoms with Gasteiger partial charge in [-0.25, -0.2) is 0 Å². The largest absolute Gasteiger partial charge is 0.357 e. The highest BCUT2D eigenvalue weighted by Gasteiger charge is 2.25. The third-order valence-electron chi connectivity index (χ3n) is 4.48. The molecule has 0 aromatic heterocycles. The summed E-state index contributed by atoms with van der Waals surface area (Å²) in [6.45, 7) is 15.9. The Labute approximate surface area is 141 Å². The summed E-state index contributed by atoms with van der Waals surface area (Å²) in [6.07, 6.45) is 1.57. The van der Waals surface area contributed by atoms with Crippen LogP contribution in [-0.2, 0) is 4.79 Å². The molecule has 1 aliphatic rings. The summed E-state index contributed by atoms with van der Waals surface area (Å²) in [4.78, 5) is 20.9. The van der Waals surface area contributed by atoms with Crippen molar-refractivity contribution in [2.45, 2.75) is 59.5 Å². The molecule has 1 saturated heterocycles. The first-order chi connectivity index (χ1) is 11.0. The van der Waals surface area contributed by atoms with Gasteiger partial charge in [-0.15, -0.1) is 0 Å². The zero-order valence-corrected chi connectivity index (χ0v) is 15.6. The third-order valence-corrected chi connectivity index (χ3v) is 4.48. The number of aliphatic imine (C=N–C) groups is 1. The monoisotopic (exact) mass is 325 g/mol. The minimum absolute atomic E-state index is 0.242. The Hall–Kier alpha value is -1.30. The van der Waals surface area contributed by atoms with Crippen LogP contribution in [0.5, 0.6) is 0 Å². The van der Waals surface area contributed by atoms with Crippen molar-refractivity contribution in [2.75, 3.05) is 39.3 Å². The van der Waals surface area contributed by atoms with E-state index in [-0.39, 0.29) is 5.91 Å². The van der Waals surface area contributed by atoms with Crippen molar-refractivity contribution in [1.82, 2.24) is 20.4 Å². The maximum absolute atomic E-state index is 11.8. The molecular weight excluding hydrogens is 290 g/mol. The van der Waals surface area contributed by atoms with Gasteiger partial charge in [-0.05, 0) is 33.4 Å². The molecule has 1 fully saturated rings. The Bertz CT molecular complexity index is 381. The van der Waals surface area contributed by atoms with E-state index in [1.165, 1.54) is 0 Å². The van der Waals surface area contributed by atoms with Crippen molar-refractivity contribution in [3.05, 3.63) is 0 Å². The fraction of sp³-hybridized carbons (Fsp3) is 0.882. The van der Waals surface area contributed by atoms with Crippen molar-refractivity contribution in [3.8, 4) is 0 Å². The highest BCUT2D eigenvalue weighted by Crippen LogP contribution is 2.10. The molecule has 2 N–H and O–H groups in total. The number of hydrogen-bond acceptors (Lipinski definition) is 3. The van der Waals surface area contributed by atoms with Crippen molar-refractivity contribution < 1.29 is 4.79 Å². The second-order valence-corrected chi connectivity index (χ2v) is 6.11. The minimum Gasteiger partial charge on any atom is -0.357 e. The maximum atomic E-state index is 11.8. The van der Waals surface area contributed by atoms with Gasteiger partial charge in [0.2, 0.25) is 5.91 Å². The number of likely N-dealkylation sites (N-methyl/N-ethyl adjacent to an activating group) is 1. The lowest BCUT2D eigenvalue weighted by Crippen LogP contribution is -2.45. The van der Waals surface area contributed by atoms with Crippen LogP contribution in [0.25, 0.3) is 0 Å². The Morgan fingerprint density at radius 2 is 2.00 bits per heavy atom. The fourth-order valence-electron chi connectivity index (χ4n) is 3.03. The van der Waals surface area contributed by atoms with Gasteiger partial charge in [0, 0.05) is 38.1 Å². The average molecular weight is 326 g/mol. The first kappa shape index (κ1) is 19.7. The van der Waals surface area contributed by atoms with Crippen LogP contribution in [0.15, 0.2) is 4.99 Å². The van der Waals surface area contributed by atoms with Crippen LogP contribution in [0.3, 0.4) is 0 Å². The number of carbonyl (C=O) groups excluding carboxylic acids is 1. The van der Waals surface area contributed by atoms with Gasteiger partial charge in [-0.3, -0.25) is 14.7 Å². The second-order valence-electron chi connectivity index (χ2n) is 6.11. The molecule has 0 radical (unpaired) electrons. The number of rotatable bonds is 8. The summed E-state index contributed by atoms with van der Waals surface area (Å²) in [5, 5.41) is 6.80. The van der Waals surface area contributed by atoms with E-state index in [0.29, 0.717) is 18.5 Å². The van der Waals surface area contributed by atoms with E-state index in [2.05, 4.69) is 43.2 Å². The molecule has 6 heteroatoms. The van der Waals surface area contributed by atoms with Gasteiger partial charge in [-0.1, -0.05) is 20.8 Å². The van der Waals surface area contributed by atoms with Crippen LogP contribution in [0, 0.1) is 0 Å². The summed E-state index contributed by atoms with van der Waals surface area (Å²) in [5.74, 6) is 1.11. The maximum Gasteiger partial charge on any atom is 0.222 e. The van der Waals surface area contributed by atoms with Crippen LogP contribution < -0.4 is 10.6 Å². The van der Waals surface area contributed by atoms with Crippen molar-refractivity contribution in [2.24, 2.45) is 4.99 Å². The van der Waals surface area contributed by atoms with Crippen LogP contribution in [0.2, 0.25) is 0 Å². The summed E-state index contributed by atoms with van der Waals surface area (Å²) >= 11 is 0. The number of amides is 1. The SMILES string of the molecule is CCNC(=NCC(C)N(CC)CC)NC1CCN(C(=O)CC)C1. The molecule has 0 aromatic rings. The van der Waals surface area contributed by atoms with E-state index < -0.39 is 0 Å². The van der Waals surface area contributed by atoms with Crippen LogP contribution in [-0.4, -0.2) is 73.0 Å². The molecule has 2 unspecified atom stereocenters. The summed E-state index contributed by atoms with van der Waals surface area (Å²) < 4.78 is 0. The number of nitrogens with one attached hydrogen (secondary N) is 2. The van der Waals surface area contributed by atoms with Crippen molar-refractivity contribution >= 4 is 11.9 Å². The predicted molar refractivity (Wildman–Crippen MR) is 96.8 cm³/mol. The van der Waals surface area contributed by atoms with Gasteiger partial charge in [0.05, 0.1) is 6.54 Å². The lowest BCUT2D eigenvalue weighted by atomic mass is 10.2. The van der Waals surface area contributed by atoms with E-state index in [1.807, 2.05) is 11.8 Å². The van der Waals surface area contributed by atoms with Crippen molar-refractivity contribution in [1.29, 1.82) is 0 Å². The lowest BCUT2D eigenvalue weighted by molar-refractivity contribution is -0.129. The van der Waals surface area contributed by atoms with E-state index in [1.54, 1.807) is 0 Å². The first-order valence-electron chi connectivity index (χ1n) is 9.12. The summed E-state index contributed by atoms with van der Waals surface area (Å²) in [5.41, 5.74) is 0. The molecule has 23 heavy (non-hydrogen) atoms. The van der Waals surface area contributed by atoms with Gasteiger partial charge in [0.1, 0.15) is 0 Å². The van der Waals surface area contributed by atoms with Gasteiger partial charge >= 0.3 is 0 Å². The molecule has 1 aliphatic heterocycles. The number of nitrogens with zero attached hydrogens (tertiary/aromatic N) is 3. The zero-order chi connectivity index (χ0) is 17.2. The topological polar surface area (TPSA) is 60.0 Å². The van der Waals surface area contributed by atoms with Crippen LogP contribution in [0.1, 0.15) is 47.5 Å². The number of hydrogen-bond donors (Lipinski definition) is 2. The molecule has 1 rings (SSSR count). The Kier molecular flexibility index (Phi) is 8.99. The van der Waals surface area contributed by atoms with E-state index in [4.69, 9.17) is 4.99 Å². The number of guanidine groups is 1. The molecule has 0 bridgehead atoms. The first-order valence-corrected chi connectivity index (χ1v) is 9.12. The Morgan fingerprint density at radius 3 is 2.57 bits per heavy atom. The molecule has 134 valence electrons. The molecule has 0 spiro atoms. The molecule has 0 aliphatic carbocycles. The zero-order valence-electron chi connectivity index (χ0n) is 15.6. The van der Waals surface area contributed by atoms with Crippen molar-refractivity contribution in [3.63, 3.8) is 0 Å².